The maximum absolute atomic E-state index is 2.61. The molecule has 2 rings (SSSR count). The second-order valence-electron chi connectivity index (χ2n) is 5.83. The minimum Gasteiger partial charge on any atom is -0.375 e. The van der Waals surface area contributed by atoms with Crippen molar-refractivity contribution in [1.82, 2.24) is 4.90 Å². The molecule has 1 saturated heterocycles. The van der Waals surface area contributed by atoms with E-state index in [2.05, 4.69) is 31.7 Å². The molecule has 1 atom stereocenters. The fourth-order valence-electron chi connectivity index (χ4n) is 3.12. The summed E-state index contributed by atoms with van der Waals surface area (Å²) in [5.74, 6) is 0.866. The molecule has 0 aromatic rings. The van der Waals surface area contributed by atoms with Crippen LogP contribution < -0.4 is 0 Å². The van der Waals surface area contributed by atoms with Crippen molar-refractivity contribution in [3.8, 4) is 0 Å². The van der Waals surface area contributed by atoms with Gasteiger partial charge in [0.1, 0.15) is 0 Å². The molecule has 1 nitrogen and oxygen atoms in total. The molecule has 0 bridgehead atoms. The van der Waals surface area contributed by atoms with Crippen molar-refractivity contribution in [1.29, 1.82) is 0 Å². The summed E-state index contributed by atoms with van der Waals surface area (Å²) in [6.45, 7) is 9.74. The molecule has 0 radical (unpaired) electrons. The summed E-state index contributed by atoms with van der Waals surface area (Å²) >= 11 is 0. The van der Waals surface area contributed by atoms with Crippen molar-refractivity contribution in [3.63, 3.8) is 0 Å². The van der Waals surface area contributed by atoms with Gasteiger partial charge < -0.3 is 4.90 Å². The zero-order chi connectivity index (χ0) is 10.2. The highest BCUT2D eigenvalue weighted by atomic mass is 15.1. The van der Waals surface area contributed by atoms with Gasteiger partial charge in [-0.1, -0.05) is 26.8 Å². The lowest BCUT2D eigenvalue weighted by Gasteiger charge is -2.36. The van der Waals surface area contributed by atoms with Gasteiger partial charge in [-0.25, -0.2) is 0 Å². The van der Waals surface area contributed by atoms with Crippen LogP contribution in [0.25, 0.3) is 0 Å². The van der Waals surface area contributed by atoms with E-state index in [4.69, 9.17) is 0 Å². The topological polar surface area (TPSA) is 3.24 Å². The summed E-state index contributed by atoms with van der Waals surface area (Å²) < 4.78 is 0. The van der Waals surface area contributed by atoms with Crippen molar-refractivity contribution in [3.05, 3.63) is 11.8 Å². The minimum atomic E-state index is 0.426. The van der Waals surface area contributed by atoms with Crippen LogP contribution in [0.5, 0.6) is 0 Å². The molecule has 0 amide bonds. The molecule has 1 heteroatoms. The van der Waals surface area contributed by atoms with E-state index in [1.807, 2.05) is 0 Å². The highest BCUT2D eigenvalue weighted by Gasteiger charge is 2.28. The second-order valence-corrected chi connectivity index (χ2v) is 5.83. The van der Waals surface area contributed by atoms with Crippen molar-refractivity contribution in [2.75, 3.05) is 13.1 Å². The molecule has 0 aromatic carbocycles. The van der Waals surface area contributed by atoms with Gasteiger partial charge in [-0.05, 0) is 37.0 Å². The lowest BCUT2D eigenvalue weighted by Crippen LogP contribution is -2.28. The maximum atomic E-state index is 2.61. The van der Waals surface area contributed by atoms with E-state index in [-0.39, 0.29) is 0 Å². The Morgan fingerprint density at radius 3 is 2.50 bits per heavy atom. The third kappa shape index (κ3) is 2.13. The van der Waals surface area contributed by atoms with Gasteiger partial charge in [0.2, 0.25) is 0 Å². The van der Waals surface area contributed by atoms with Crippen LogP contribution in [-0.4, -0.2) is 18.0 Å². The Kier molecular flexibility index (Phi) is 2.59. The number of nitrogens with zero attached hydrogens (tertiary/aromatic N) is 1. The largest absolute Gasteiger partial charge is 0.375 e. The quantitative estimate of drug-likeness (QED) is 0.617. The minimum absolute atomic E-state index is 0.426. The predicted octanol–water partition coefficient (Wildman–Crippen LogP) is 3.42. The molecule has 1 aliphatic carbocycles. The Morgan fingerprint density at radius 2 is 1.93 bits per heavy atom. The standard InChI is InChI=1S/C13H23N/c1-11-8-12(10-13(2,3)9-11)14-6-4-5-7-14/h10-11H,4-9H2,1-3H3. The molecular formula is C13H23N. The first-order chi connectivity index (χ1) is 6.57. The van der Waals surface area contributed by atoms with Crippen LogP contribution in [0.15, 0.2) is 11.8 Å². The summed E-state index contributed by atoms with van der Waals surface area (Å²) in [4.78, 5) is 2.61. The Bertz CT molecular complexity index is 234. The van der Waals surface area contributed by atoms with Crippen LogP contribution in [-0.2, 0) is 0 Å². The molecular weight excluding hydrogens is 170 g/mol. The van der Waals surface area contributed by atoms with Gasteiger partial charge in [-0.3, -0.25) is 0 Å². The fourth-order valence-corrected chi connectivity index (χ4v) is 3.12. The smallest absolute Gasteiger partial charge is 0.0175 e. The lowest BCUT2D eigenvalue weighted by molar-refractivity contribution is 0.275. The van der Waals surface area contributed by atoms with E-state index in [0.29, 0.717) is 5.41 Å². The average Bonchev–Trinajstić information content (AvgIpc) is 2.51. The van der Waals surface area contributed by atoms with E-state index in [1.54, 1.807) is 5.70 Å². The number of hydrogen-bond donors (Lipinski definition) is 0. The van der Waals surface area contributed by atoms with Gasteiger partial charge in [-0.15, -0.1) is 0 Å². The summed E-state index contributed by atoms with van der Waals surface area (Å²) in [6.07, 6.45) is 7.98. The summed E-state index contributed by atoms with van der Waals surface area (Å²) in [5, 5.41) is 0. The van der Waals surface area contributed by atoms with Gasteiger partial charge >= 0.3 is 0 Å². The molecule has 2 aliphatic rings. The molecule has 0 aromatic heterocycles. The first-order valence-electron chi connectivity index (χ1n) is 6.03. The van der Waals surface area contributed by atoms with Crippen LogP contribution in [0, 0.1) is 11.3 Å². The normalized spacial score (nSPS) is 31.8. The van der Waals surface area contributed by atoms with Gasteiger partial charge in [0, 0.05) is 18.8 Å². The monoisotopic (exact) mass is 193 g/mol. The summed E-state index contributed by atoms with van der Waals surface area (Å²) in [5.41, 5.74) is 2.06. The summed E-state index contributed by atoms with van der Waals surface area (Å²) in [7, 11) is 0. The maximum Gasteiger partial charge on any atom is 0.0175 e. The van der Waals surface area contributed by atoms with Gasteiger partial charge in [0.25, 0.3) is 0 Å². The van der Waals surface area contributed by atoms with Crippen molar-refractivity contribution >= 4 is 0 Å². The molecule has 14 heavy (non-hydrogen) atoms. The Labute approximate surface area is 88.2 Å². The SMILES string of the molecule is CC1CC(N2CCCC2)=CC(C)(C)C1. The number of likely N-dealkylation sites (tertiary alicyclic amines) is 1. The third-order valence-corrected chi connectivity index (χ3v) is 3.50. The molecule has 1 heterocycles. The van der Waals surface area contributed by atoms with E-state index in [0.717, 1.165) is 5.92 Å². The van der Waals surface area contributed by atoms with Crippen molar-refractivity contribution < 1.29 is 0 Å². The van der Waals surface area contributed by atoms with E-state index in [1.165, 1.54) is 38.8 Å². The zero-order valence-electron chi connectivity index (χ0n) is 9.84. The van der Waals surface area contributed by atoms with E-state index >= 15 is 0 Å². The van der Waals surface area contributed by atoms with Gasteiger partial charge in [-0.2, -0.15) is 0 Å². The van der Waals surface area contributed by atoms with Crippen molar-refractivity contribution in [2.24, 2.45) is 11.3 Å². The first kappa shape index (κ1) is 10.1. The third-order valence-electron chi connectivity index (χ3n) is 3.50. The van der Waals surface area contributed by atoms with Crippen LogP contribution >= 0.6 is 0 Å². The van der Waals surface area contributed by atoms with Crippen LogP contribution in [0.3, 0.4) is 0 Å². The lowest BCUT2D eigenvalue weighted by atomic mass is 9.76. The molecule has 0 saturated carbocycles. The number of hydrogen-bond acceptors (Lipinski definition) is 1. The highest BCUT2D eigenvalue weighted by Crippen LogP contribution is 2.38. The van der Waals surface area contributed by atoms with E-state index in [9.17, 15) is 0 Å². The molecule has 0 N–H and O–H groups in total. The Hall–Kier alpha value is -0.460. The number of rotatable bonds is 1. The molecule has 1 unspecified atom stereocenters. The Morgan fingerprint density at radius 1 is 1.29 bits per heavy atom. The Balaban J connectivity index is 2.13. The van der Waals surface area contributed by atoms with Gasteiger partial charge in [0.15, 0.2) is 0 Å². The molecule has 0 spiro atoms. The molecule has 1 fully saturated rings. The van der Waals surface area contributed by atoms with Crippen LogP contribution in [0.2, 0.25) is 0 Å². The predicted molar refractivity (Wildman–Crippen MR) is 61.1 cm³/mol. The zero-order valence-corrected chi connectivity index (χ0v) is 9.84. The average molecular weight is 193 g/mol. The number of allylic oxidation sites excluding steroid dienone is 2. The fraction of sp³-hybridized carbons (Fsp3) is 0.846. The van der Waals surface area contributed by atoms with Crippen LogP contribution in [0.4, 0.5) is 0 Å². The first-order valence-corrected chi connectivity index (χ1v) is 6.03. The molecule has 80 valence electrons. The van der Waals surface area contributed by atoms with Crippen LogP contribution in [0.1, 0.15) is 46.5 Å². The second kappa shape index (κ2) is 3.60. The van der Waals surface area contributed by atoms with E-state index < -0.39 is 0 Å². The highest BCUT2D eigenvalue weighted by molar-refractivity contribution is 5.13. The molecule has 1 aliphatic heterocycles. The summed E-state index contributed by atoms with van der Waals surface area (Å²) in [6, 6.07) is 0. The van der Waals surface area contributed by atoms with Gasteiger partial charge in [0.05, 0.1) is 0 Å². The van der Waals surface area contributed by atoms with Crippen molar-refractivity contribution in [2.45, 2.75) is 46.5 Å².